The minimum Gasteiger partial charge on any atom is -0.456 e. The van der Waals surface area contributed by atoms with Crippen LogP contribution >= 0.6 is 0 Å². The van der Waals surface area contributed by atoms with E-state index in [1.54, 1.807) is 0 Å². The van der Waals surface area contributed by atoms with Crippen LogP contribution in [0.1, 0.15) is 5.56 Å². The van der Waals surface area contributed by atoms with Gasteiger partial charge < -0.3 is 15.5 Å². The molecule has 20 heavy (non-hydrogen) atoms. The van der Waals surface area contributed by atoms with Crippen molar-refractivity contribution in [1.29, 1.82) is 0 Å². The van der Waals surface area contributed by atoms with Crippen LogP contribution in [0.15, 0.2) is 45.6 Å². The molecule has 0 aliphatic heterocycles. The van der Waals surface area contributed by atoms with Crippen molar-refractivity contribution in [3.8, 4) is 0 Å². The molecule has 4 N–H and O–H groups in total. The van der Waals surface area contributed by atoms with Crippen molar-refractivity contribution in [1.82, 2.24) is 0 Å². The quantitative estimate of drug-likeness (QED) is 0.714. The Hall–Kier alpha value is -2.33. The highest BCUT2D eigenvalue weighted by Gasteiger charge is 2.11. The molecule has 3 aromatic rings. The average molecular weight is 269 g/mol. The number of hydrogen-bond donors (Lipinski definition) is 2. The SMILES string of the molecule is Cc1ccc2c(=O)c3c(NCC[NH3+])cccc3oc2c1. The molecule has 0 bridgehead atoms. The van der Waals surface area contributed by atoms with Crippen molar-refractivity contribution >= 4 is 27.6 Å². The smallest absolute Gasteiger partial charge is 0.202 e. The number of quaternary nitrogens is 1. The van der Waals surface area contributed by atoms with Crippen molar-refractivity contribution in [2.24, 2.45) is 0 Å². The average Bonchev–Trinajstić information content (AvgIpc) is 2.44. The van der Waals surface area contributed by atoms with Crippen molar-refractivity contribution in [2.45, 2.75) is 6.92 Å². The van der Waals surface area contributed by atoms with Gasteiger partial charge in [0.15, 0.2) is 0 Å². The van der Waals surface area contributed by atoms with E-state index in [0.717, 1.165) is 24.3 Å². The van der Waals surface area contributed by atoms with E-state index in [9.17, 15) is 4.79 Å². The molecule has 4 nitrogen and oxygen atoms in total. The van der Waals surface area contributed by atoms with Crippen molar-refractivity contribution < 1.29 is 10.2 Å². The molecule has 0 saturated heterocycles. The number of hydrogen-bond acceptors (Lipinski definition) is 3. The monoisotopic (exact) mass is 269 g/mol. The predicted octanol–water partition coefficient (Wildman–Crippen LogP) is 1.91. The number of rotatable bonds is 3. The van der Waals surface area contributed by atoms with E-state index in [1.165, 1.54) is 0 Å². The summed E-state index contributed by atoms with van der Waals surface area (Å²) in [6, 6.07) is 11.3. The first-order chi connectivity index (χ1) is 9.70. The summed E-state index contributed by atoms with van der Waals surface area (Å²) >= 11 is 0. The molecule has 0 spiro atoms. The summed E-state index contributed by atoms with van der Waals surface area (Å²) in [6.45, 7) is 3.47. The van der Waals surface area contributed by atoms with Gasteiger partial charge in [-0.1, -0.05) is 12.1 Å². The lowest BCUT2D eigenvalue weighted by atomic mass is 10.1. The van der Waals surface area contributed by atoms with E-state index < -0.39 is 0 Å². The molecule has 4 heteroatoms. The van der Waals surface area contributed by atoms with Crippen molar-refractivity contribution in [3.05, 3.63) is 52.2 Å². The van der Waals surface area contributed by atoms with Crippen LogP contribution in [-0.4, -0.2) is 13.1 Å². The standard InChI is InChI=1S/C16H16N2O2/c1-10-5-6-11-14(9-10)20-13-4-2-3-12(18-8-7-17)15(13)16(11)19/h2-6,9,18H,7-8,17H2,1H3/p+1. The van der Waals surface area contributed by atoms with Crippen LogP contribution in [0, 0.1) is 6.92 Å². The minimum absolute atomic E-state index is 0.00779. The lowest BCUT2D eigenvalue weighted by molar-refractivity contribution is -0.362. The third-order valence-electron chi connectivity index (χ3n) is 3.35. The second-order valence-electron chi connectivity index (χ2n) is 4.89. The Labute approximate surface area is 116 Å². The second kappa shape index (κ2) is 4.98. The summed E-state index contributed by atoms with van der Waals surface area (Å²) in [6.07, 6.45) is 0. The minimum atomic E-state index is 0.00779. The van der Waals surface area contributed by atoms with E-state index in [2.05, 4.69) is 11.1 Å². The molecule has 0 aliphatic rings. The van der Waals surface area contributed by atoms with E-state index in [1.807, 2.05) is 43.3 Å². The van der Waals surface area contributed by atoms with Crippen molar-refractivity contribution in [2.75, 3.05) is 18.4 Å². The Kier molecular flexibility index (Phi) is 3.16. The number of nitrogens with one attached hydrogen (secondary N) is 1. The fourth-order valence-electron chi connectivity index (χ4n) is 2.38. The molecule has 0 radical (unpaired) electrons. The molecule has 0 fully saturated rings. The zero-order valence-electron chi connectivity index (χ0n) is 11.4. The molecule has 3 rings (SSSR count). The summed E-state index contributed by atoms with van der Waals surface area (Å²) in [5.74, 6) is 0. The summed E-state index contributed by atoms with van der Waals surface area (Å²) in [5, 5.41) is 4.46. The fourth-order valence-corrected chi connectivity index (χ4v) is 2.38. The van der Waals surface area contributed by atoms with Gasteiger partial charge in [0.2, 0.25) is 5.43 Å². The van der Waals surface area contributed by atoms with Crippen LogP contribution in [0.5, 0.6) is 0 Å². The van der Waals surface area contributed by atoms with Crippen LogP contribution in [-0.2, 0) is 0 Å². The van der Waals surface area contributed by atoms with Gasteiger partial charge >= 0.3 is 0 Å². The molecule has 2 aromatic carbocycles. The molecular weight excluding hydrogens is 252 g/mol. The molecule has 1 heterocycles. The molecule has 0 aliphatic carbocycles. The van der Waals surface area contributed by atoms with E-state index in [-0.39, 0.29) is 5.43 Å². The van der Waals surface area contributed by atoms with Gasteiger partial charge in [-0.2, -0.15) is 0 Å². The zero-order chi connectivity index (χ0) is 14.1. The van der Waals surface area contributed by atoms with Crippen LogP contribution in [0.3, 0.4) is 0 Å². The van der Waals surface area contributed by atoms with Crippen LogP contribution < -0.4 is 16.5 Å². The summed E-state index contributed by atoms with van der Waals surface area (Å²) in [5.41, 5.74) is 6.94. The molecular formula is C16H17N2O2+. The second-order valence-corrected chi connectivity index (χ2v) is 4.89. The van der Waals surface area contributed by atoms with E-state index >= 15 is 0 Å². The summed E-state index contributed by atoms with van der Waals surface area (Å²) in [4.78, 5) is 12.7. The first kappa shape index (κ1) is 12.7. The highest BCUT2D eigenvalue weighted by atomic mass is 16.3. The van der Waals surface area contributed by atoms with Gasteiger partial charge in [-0.3, -0.25) is 4.79 Å². The van der Waals surface area contributed by atoms with Crippen LogP contribution in [0.4, 0.5) is 5.69 Å². The van der Waals surface area contributed by atoms with Crippen LogP contribution in [0.25, 0.3) is 21.9 Å². The molecule has 0 atom stereocenters. The van der Waals surface area contributed by atoms with Gasteiger partial charge in [-0.15, -0.1) is 0 Å². The molecule has 0 amide bonds. The number of anilines is 1. The van der Waals surface area contributed by atoms with Crippen LogP contribution in [0.2, 0.25) is 0 Å². The van der Waals surface area contributed by atoms with E-state index in [4.69, 9.17) is 4.42 Å². The normalized spacial score (nSPS) is 11.1. The maximum atomic E-state index is 12.7. The Bertz CT molecular complexity index is 837. The molecule has 0 unspecified atom stereocenters. The third-order valence-corrected chi connectivity index (χ3v) is 3.35. The first-order valence-electron chi connectivity index (χ1n) is 6.70. The van der Waals surface area contributed by atoms with Gasteiger partial charge in [0.05, 0.1) is 23.9 Å². The summed E-state index contributed by atoms with van der Waals surface area (Å²) in [7, 11) is 0. The topological polar surface area (TPSA) is 69.9 Å². The Morgan fingerprint density at radius 3 is 2.85 bits per heavy atom. The van der Waals surface area contributed by atoms with Gasteiger partial charge in [-0.05, 0) is 36.8 Å². The molecule has 0 saturated carbocycles. The fraction of sp³-hybridized carbons (Fsp3) is 0.188. The Morgan fingerprint density at radius 1 is 1.20 bits per heavy atom. The number of aryl methyl sites for hydroxylation is 1. The third kappa shape index (κ3) is 2.04. The van der Waals surface area contributed by atoms with E-state index in [0.29, 0.717) is 21.9 Å². The zero-order valence-corrected chi connectivity index (χ0v) is 11.4. The maximum Gasteiger partial charge on any atom is 0.202 e. The van der Waals surface area contributed by atoms with Gasteiger partial charge in [0, 0.05) is 5.69 Å². The number of benzene rings is 2. The lowest BCUT2D eigenvalue weighted by Crippen LogP contribution is -2.53. The Morgan fingerprint density at radius 2 is 2.05 bits per heavy atom. The van der Waals surface area contributed by atoms with Gasteiger partial charge in [0.25, 0.3) is 0 Å². The van der Waals surface area contributed by atoms with Gasteiger partial charge in [0.1, 0.15) is 11.2 Å². The first-order valence-corrected chi connectivity index (χ1v) is 6.70. The largest absolute Gasteiger partial charge is 0.456 e. The Balaban J connectivity index is 2.35. The highest BCUT2D eigenvalue weighted by molar-refractivity contribution is 5.97. The maximum absolute atomic E-state index is 12.7. The van der Waals surface area contributed by atoms with Gasteiger partial charge in [-0.25, -0.2) is 0 Å². The highest BCUT2D eigenvalue weighted by Crippen LogP contribution is 2.24. The lowest BCUT2D eigenvalue weighted by Gasteiger charge is -2.08. The molecule has 102 valence electrons. The predicted molar refractivity (Wildman–Crippen MR) is 81.0 cm³/mol. The van der Waals surface area contributed by atoms with Crippen molar-refractivity contribution in [3.63, 3.8) is 0 Å². The number of fused-ring (bicyclic) bond motifs is 2. The summed E-state index contributed by atoms with van der Waals surface area (Å²) < 4.78 is 5.87. The molecule has 1 aromatic heterocycles.